The van der Waals surface area contributed by atoms with Gasteiger partial charge in [-0.05, 0) is 44.2 Å². The van der Waals surface area contributed by atoms with Crippen LogP contribution in [0.25, 0.3) is 0 Å². The maximum Gasteiger partial charge on any atom is 0.226 e. The van der Waals surface area contributed by atoms with Crippen molar-refractivity contribution in [1.82, 2.24) is 4.90 Å². The van der Waals surface area contributed by atoms with Crippen molar-refractivity contribution in [2.75, 3.05) is 13.2 Å². The molecule has 0 N–H and O–H groups in total. The van der Waals surface area contributed by atoms with Crippen LogP contribution in [0.1, 0.15) is 51.0 Å². The van der Waals surface area contributed by atoms with Crippen LogP contribution < -0.4 is 4.74 Å². The van der Waals surface area contributed by atoms with Gasteiger partial charge in [0, 0.05) is 18.5 Å². The average molecular weight is 301 g/mol. The van der Waals surface area contributed by atoms with E-state index in [4.69, 9.17) is 4.74 Å². The highest BCUT2D eigenvalue weighted by molar-refractivity contribution is 5.81. The minimum atomic E-state index is 0.142. The lowest BCUT2D eigenvalue weighted by atomic mass is 9.94. The molecule has 1 aliphatic carbocycles. The van der Waals surface area contributed by atoms with Gasteiger partial charge in [0.2, 0.25) is 5.91 Å². The topological polar surface area (TPSA) is 29.5 Å². The van der Waals surface area contributed by atoms with Crippen LogP contribution in [-0.4, -0.2) is 30.0 Å². The van der Waals surface area contributed by atoms with Gasteiger partial charge in [0.15, 0.2) is 0 Å². The minimum absolute atomic E-state index is 0.142. The summed E-state index contributed by atoms with van der Waals surface area (Å²) in [4.78, 5) is 14.9. The van der Waals surface area contributed by atoms with E-state index in [1.807, 2.05) is 25.1 Å². The lowest BCUT2D eigenvalue weighted by Crippen LogP contribution is -2.39. The van der Waals surface area contributed by atoms with E-state index >= 15 is 0 Å². The van der Waals surface area contributed by atoms with E-state index in [0.717, 1.165) is 25.1 Å². The van der Waals surface area contributed by atoms with E-state index in [2.05, 4.69) is 11.0 Å². The molecule has 0 spiro atoms. The van der Waals surface area contributed by atoms with Crippen molar-refractivity contribution in [2.24, 2.45) is 5.92 Å². The molecule has 1 aromatic rings. The molecule has 2 fully saturated rings. The zero-order valence-corrected chi connectivity index (χ0v) is 13.6. The van der Waals surface area contributed by atoms with Gasteiger partial charge < -0.3 is 9.64 Å². The van der Waals surface area contributed by atoms with Gasteiger partial charge in [0.25, 0.3) is 0 Å². The Morgan fingerprint density at radius 3 is 2.68 bits per heavy atom. The summed E-state index contributed by atoms with van der Waals surface area (Å²) in [5.41, 5.74) is 1.17. The smallest absolute Gasteiger partial charge is 0.226 e. The summed E-state index contributed by atoms with van der Waals surface area (Å²) in [6.45, 7) is 3.62. The number of likely N-dealkylation sites (tertiary alicyclic amines) is 1. The van der Waals surface area contributed by atoms with E-state index in [1.165, 1.54) is 37.7 Å². The normalized spacial score (nSPS) is 23.0. The molecule has 3 nitrogen and oxygen atoms in total. The molecule has 1 amide bonds. The number of ether oxygens (including phenoxy) is 1. The third kappa shape index (κ3) is 3.29. The predicted octanol–water partition coefficient (Wildman–Crippen LogP) is 3.81. The van der Waals surface area contributed by atoms with Crippen LogP contribution in [0.5, 0.6) is 5.75 Å². The monoisotopic (exact) mass is 301 g/mol. The third-order valence-electron chi connectivity index (χ3n) is 5.11. The van der Waals surface area contributed by atoms with Gasteiger partial charge in [-0.15, -0.1) is 0 Å². The molecule has 0 radical (unpaired) electrons. The van der Waals surface area contributed by atoms with Gasteiger partial charge in [-0.25, -0.2) is 0 Å². The Kier molecular flexibility index (Phi) is 5.01. The van der Waals surface area contributed by atoms with E-state index in [9.17, 15) is 4.79 Å². The average Bonchev–Trinajstić information content (AvgIpc) is 2.91. The van der Waals surface area contributed by atoms with Crippen LogP contribution in [-0.2, 0) is 11.2 Å². The van der Waals surface area contributed by atoms with Crippen molar-refractivity contribution in [3.8, 4) is 5.75 Å². The van der Waals surface area contributed by atoms with Crippen LogP contribution in [0.4, 0.5) is 0 Å². The summed E-state index contributed by atoms with van der Waals surface area (Å²) in [6, 6.07) is 8.65. The number of benzene rings is 1. The van der Waals surface area contributed by atoms with Crippen molar-refractivity contribution in [3.63, 3.8) is 0 Å². The second kappa shape index (κ2) is 7.17. The fraction of sp³-hybridized carbons (Fsp3) is 0.632. The Morgan fingerprint density at radius 1 is 1.14 bits per heavy atom. The third-order valence-corrected chi connectivity index (χ3v) is 5.11. The number of hydrogen-bond acceptors (Lipinski definition) is 2. The molecule has 1 saturated carbocycles. The number of rotatable bonds is 5. The van der Waals surface area contributed by atoms with E-state index < -0.39 is 0 Å². The fourth-order valence-electron chi connectivity index (χ4n) is 3.94. The van der Waals surface area contributed by atoms with Crippen LogP contribution in [0.15, 0.2) is 24.3 Å². The van der Waals surface area contributed by atoms with Gasteiger partial charge >= 0.3 is 0 Å². The molecule has 1 aromatic carbocycles. The maximum absolute atomic E-state index is 12.8. The van der Waals surface area contributed by atoms with Gasteiger partial charge in [-0.2, -0.15) is 0 Å². The second-order valence-corrected chi connectivity index (χ2v) is 6.55. The Morgan fingerprint density at radius 2 is 1.91 bits per heavy atom. The molecule has 1 aliphatic heterocycles. The highest BCUT2D eigenvalue weighted by Gasteiger charge is 2.36. The number of nitrogens with zero attached hydrogens (tertiary/aromatic N) is 1. The maximum atomic E-state index is 12.8. The van der Waals surface area contributed by atoms with E-state index in [0.29, 0.717) is 18.6 Å². The highest BCUT2D eigenvalue weighted by Crippen LogP contribution is 2.31. The first-order chi connectivity index (χ1) is 10.8. The van der Waals surface area contributed by atoms with Crippen LogP contribution >= 0.6 is 0 Å². The Balaban J connectivity index is 1.65. The Hall–Kier alpha value is -1.51. The number of para-hydroxylation sites is 1. The van der Waals surface area contributed by atoms with Gasteiger partial charge in [-0.1, -0.05) is 37.5 Å². The molecule has 22 heavy (non-hydrogen) atoms. The highest BCUT2D eigenvalue weighted by atomic mass is 16.5. The zero-order valence-electron chi connectivity index (χ0n) is 13.6. The lowest BCUT2D eigenvalue weighted by Gasteiger charge is -2.31. The fourth-order valence-corrected chi connectivity index (χ4v) is 3.94. The molecule has 1 atom stereocenters. The number of hydrogen-bond donors (Lipinski definition) is 0. The molecule has 3 rings (SSSR count). The Labute approximate surface area is 133 Å². The first-order valence-corrected chi connectivity index (χ1v) is 8.80. The summed E-state index contributed by atoms with van der Waals surface area (Å²) >= 11 is 0. The second-order valence-electron chi connectivity index (χ2n) is 6.55. The van der Waals surface area contributed by atoms with Crippen LogP contribution in [0, 0.1) is 5.92 Å². The van der Waals surface area contributed by atoms with Gasteiger partial charge in [0.1, 0.15) is 5.75 Å². The number of amides is 1. The molecule has 1 heterocycles. The molecular formula is C19H27NO2. The minimum Gasteiger partial charge on any atom is -0.494 e. The molecule has 0 bridgehead atoms. The van der Waals surface area contributed by atoms with Crippen molar-refractivity contribution in [2.45, 2.75) is 57.9 Å². The SMILES string of the molecule is CCOc1ccccc1CC1CCN(C2CCCCC2)C1=O. The van der Waals surface area contributed by atoms with Crippen LogP contribution in [0.2, 0.25) is 0 Å². The van der Waals surface area contributed by atoms with Crippen molar-refractivity contribution >= 4 is 5.91 Å². The number of carbonyl (C=O) groups excluding carboxylic acids is 1. The molecule has 0 aromatic heterocycles. The zero-order chi connectivity index (χ0) is 15.4. The van der Waals surface area contributed by atoms with E-state index in [1.54, 1.807) is 0 Å². The lowest BCUT2D eigenvalue weighted by molar-refractivity contribution is -0.133. The van der Waals surface area contributed by atoms with Crippen molar-refractivity contribution in [1.29, 1.82) is 0 Å². The largest absolute Gasteiger partial charge is 0.494 e. The number of carbonyl (C=O) groups is 1. The van der Waals surface area contributed by atoms with Crippen LogP contribution in [0.3, 0.4) is 0 Å². The molecule has 120 valence electrons. The summed E-state index contributed by atoms with van der Waals surface area (Å²) in [5, 5.41) is 0. The predicted molar refractivity (Wildman–Crippen MR) is 88.0 cm³/mol. The Bertz CT molecular complexity index is 508. The molecule has 1 unspecified atom stereocenters. The van der Waals surface area contributed by atoms with Gasteiger partial charge in [-0.3, -0.25) is 4.79 Å². The standard InChI is InChI=1S/C19H27NO2/c1-2-22-18-11-7-6-8-15(18)14-16-12-13-20(19(16)21)17-9-4-3-5-10-17/h6-8,11,16-17H,2-5,9-10,12-14H2,1H3. The quantitative estimate of drug-likeness (QED) is 0.827. The van der Waals surface area contributed by atoms with Crippen molar-refractivity contribution < 1.29 is 9.53 Å². The molecule has 2 aliphatic rings. The van der Waals surface area contributed by atoms with Gasteiger partial charge in [0.05, 0.1) is 6.61 Å². The first kappa shape index (κ1) is 15.4. The molecular weight excluding hydrogens is 274 g/mol. The molecule has 3 heteroatoms. The van der Waals surface area contributed by atoms with Crippen molar-refractivity contribution in [3.05, 3.63) is 29.8 Å². The first-order valence-electron chi connectivity index (χ1n) is 8.80. The summed E-state index contributed by atoms with van der Waals surface area (Å²) < 4.78 is 5.70. The molecule has 1 saturated heterocycles. The summed E-state index contributed by atoms with van der Waals surface area (Å²) in [7, 11) is 0. The van der Waals surface area contributed by atoms with E-state index in [-0.39, 0.29) is 5.92 Å². The summed E-state index contributed by atoms with van der Waals surface area (Å²) in [5.74, 6) is 1.45. The summed E-state index contributed by atoms with van der Waals surface area (Å²) in [6.07, 6.45) is 8.12.